The van der Waals surface area contributed by atoms with Crippen molar-refractivity contribution in [3.8, 4) is 0 Å². The van der Waals surface area contributed by atoms with Crippen LogP contribution in [0.1, 0.15) is 26.2 Å². The van der Waals surface area contributed by atoms with Gasteiger partial charge in [0.1, 0.15) is 0 Å². The molecule has 2 heterocycles. The van der Waals surface area contributed by atoms with E-state index in [-0.39, 0.29) is 0 Å². The number of piperidine rings is 1. The van der Waals surface area contributed by atoms with Crippen LogP contribution in [0.4, 0.5) is 0 Å². The average molecular weight is 251 g/mol. The van der Waals surface area contributed by atoms with Crippen molar-refractivity contribution in [3.63, 3.8) is 0 Å². The summed E-state index contributed by atoms with van der Waals surface area (Å²) in [7, 11) is 0. The maximum absolute atomic E-state index is 11.9. The third kappa shape index (κ3) is 2.69. The van der Waals surface area contributed by atoms with Crippen LogP contribution in [0.15, 0.2) is 0 Å². The first-order chi connectivity index (χ1) is 8.74. The van der Waals surface area contributed by atoms with Crippen molar-refractivity contribution in [2.45, 2.75) is 32.2 Å². The number of hydrogen-bond donors (Lipinski definition) is 1. The molecule has 2 aliphatic heterocycles. The molecule has 0 radical (unpaired) electrons. The fourth-order valence-corrected chi connectivity index (χ4v) is 3.44. The van der Waals surface area contributed by atoms with Gasteiger partial charge in [0.2, 0.25) is 5.91 Å². The van der Waals surface area contributed by atoms with E-state index in [4.69, 9.17) is 0 Å². The predicted molar refractivity (Wildman–Crippen MR) is 71.3 cm³/mol. The number of hydrogen-bond acceptors (Lipinski definition) is 3. The summed E-state index contributed by atoms with van der Waals surface area (Å²) < 4.78 is 0. The summed E-state index contributed by atoms with van der Waals surface area (Å²) in [6.07, 6.45) is 3.86. The lowest BCUT2D eigenvalue weighted by molar-refractivity contribution is -0.135. The van der Waals surface area contributed by atoms with Gasteiger partial charge in [0.05, 0.1) is 6.54 Å². The van der Waals surface area contributed by atoms with Crippen LogP contribution in [-0.2, 0) is 4.79 Å². The molecule has 1 N–H and O–H groups in total. The molecule has 0 aromatic heterocycles. The standard InChI is InChI=1S/C14H25N3O/c1-11-7-12(11)9-16-5-2-3-13(10-16)17-6-4-15-8-14(17)18/h11-13,15H,2-10H2,1H3. The first kappa shape index (κ1) is 12.4. The summed E-state index contributed by atoms with van der Waals surface area (Å²) in [6.45, 7) is 8.36. The molecule has 1 saturated carbocycles. The summed E-state index contributed by atoms with van der Waals surface area (Å²) in [4.78, 5) is 16.7. The first-order valence-electron chi connectivity index (χ1n) is 7.46. The topological polar surface area (TPSA) is 35.6 Å². The Morgan fingerprint density at radius 1 is 1.39 bits per heavy atom. The molecule has 0 spiro atoms. The van der Waals surface area contributed by atoms with Gasteiger partial charge in [0.25, 0.3) is 0 Å². The van der Waals surface area contributed by atoms with Crippen LogP contribution in [0.3, 0.4) is 0 Å². The Morgan fingerprint density at radius 3 is 2.94 bits per heavy atom. The summed E-state index contributed by atoms with van der Waals surface area (Å²) in [6, 6.07) is 0.474. The number of carbonyl (C=O) groups excluding carboxylic acids is 1. The van der Waals surface area contributed by atoms with Crippen molar-refractivity contribution >= 4 is 5.91 Å². The van der Waals surface area contributed by atoms with E-state index < -0.39 is 0 Å². The lowest BCUT2D eigenvalue weighted by Gasteiger charge is -2.41. The molecule has 0 bridgehead atoms. The van der Waals surface area contributed by atoms with Gasteiger partial charge in [-0.15, -0.1) is 0 Å². The van der Waals surface area contributed by atoms with E-state index in [1.807, 2.05) is 0 Å². The van der Waals surface area contributed by atoms with Gasteiger partial charge in [-0.05, 0) is 37.6 Å². The lowest BCUT2D eigenvalue weighted by Crippen LogP contribution is -2.57. The Hall–Kier alpha value is -0.610. The van der Waals surface area contributed by atoms with Crippen molar-refractivity contribution in [3.05, 3.63) is 0 Å². The third-order valence-corrected chi connectivity index (χ3v) is 4.82. The van der Waals surface area contributed by atoms with Crippen molar-refractivity contribution in [1.82, 2.24) is 15.1 Å². The van der Waals surface area contributed by atoms with E-state index in [0.717, 1.165) is 31.5 Å². The highest BCUT2D eigenvalue weighted by atomic mass is 16.2. The number of piperazine rings is 1. The Morgan fingerprint density at radius 2 is 2.22 bits per heavy atom. The first-order valence-corrected chi connectivity index (χ1v) is 7.46. The van der Waals surface area contributed by atoms with Gasteiger partial charge in [0.15, 0.2) is 0 Å². The van der Waals surface area contributed by atoms with Crippen LogP contribution in [-0.4, -0.2) is 61.0 Å². The second-order valence-corrected chi connectivity index (χ2v) is 6.29. The molecule has 3 atom stereocenters. The normalized spacial score (nSPS) is 37.9. The van der Waals surface area contributed by atoms with Gasteiger partial charge in [-0.1, -0.05) is 6.92 Å². The minimum atomic E-state index is 0.299. The zero-order valence-electron chi connectivity index (χ0n) is 11.4. The molecule has 4 nitrogen and oxygen atoms in total. The SMILES string of the molecule is CC1CC1CN1CCCC(N2CCNCC2=O)C1. The van der Waals surface area contributed by atoms with E-state index >= 15 is 0 Å². The Kier molecular flexibility index (Phi) is 3.57. The highest BCUT2D eigenvalue weighted by Gasteiger charge is 2.36. The van der Waals surface area contributed by atoms with Crippen molar-refractivity contribution in [1.29, 1.82) is 0 Å². The van der Waals surface area contributed by atoms with Gasteiger partial charge < -0.3 is 15.1 Å². The molecule has 2 saturated heterocycles. The van der Waals surface area contributed by atoms with Gasteiger partial charge in [-0.3, -0.25) is 4.79 Å². The van der Waals surface area contributed by atoms with E-state index in [1.54, 1.807) is 0 Å². The zero-order valence-corrected chi connectivity index (χ0v) is 11.4. The maximum Gasteiger partial charge on any atom is 0.236 e. The van der Waals surface area contributed by atoms with Crippen LogP contribution < -0.4 is 5.32 Å². The minimum Gasteiger partial charge on any atom is -0.336 e. The Balaban J connectivity index is 1.54. The minimum absolute atomic E-state index is 0.299. The number of likely N-dealkylation sites (tertiary alicyclic amines) is 1. The number of nitrogens with zero attached hydrogens (tertiary/aromatic N) is 2. The molecule has 0 aromatic rings. The van der Waals surface area contributed by atoms with E-state index in [2.05, 4.69) is 22.0 Å². The molecular weight excluding hydrogens is 226 g/mol. The predicted octanol–water partition coefficient (Wildman–Crippen LogP) is 0.539. The fourth-order valence-electron chi connectivity index (χ4n) is 3.44. The molecule has 18 heavy (non-hydrogen) atoms. The average Bonchev–Trinajstić information content (AvgIpc) is 3.06. The third-order valence-electron chi connectivity index (χ3n) is 4.82. The monoisotopic (exact) mass is 251 g/mol. The molecule has 102 valence electrons. The largest absolute Gasteiger partial charge is 0.336 e. The summed E-state index contributed by atoms with van der Waals surface area (Å²) in [5.74, 6) is 2.17. The van der Waals surface area contributed by atoms with Crippen LogP contribution >= 0.6 is 0 Å². The quantitative estimate of drug-likeness (QED) is 0.795. The number of amides is 1. The summed E-state index contributed by atoms with van der Waals surface area (Å²) in [5, 5.41) is 3.16. The van der Waals surface area contributed by atoms with Crippen molar-refractivity contribution in [2.75, 3.05) is 39.3 Å². The zero-order chi connectivity index (χ0) is 12.5. The smallest absolute Gasteiger partial charge is 0.236 e. The molecule has 3 fully saturated rings. The maximum atomic E-state index is 11.9. The highest BCUT2D eigenvalue weighted by molar-refractivity contribution is 5.79. The molecule has 3 rings (SSSR count). The Labute approximate surface area is 110 Å². The van der Waals surface area contributed by atoms with E-state index in [0.29, 0.717) is 18.5 Å². The second kappa shape index (κ2) is 5.17. The van der Waals surface area contributed by atoms with Crippen LogP contribution in [0.5, 0.6) is 0 Å². The number of rotatable bonds is 3. The van der Waals surface area contributed by atoms with Crippen molar-refractivity contribution in [2.24, 2.45) is 11.8 Å². The fraction of sp³-hybridized carbons (Fsp3) is 0.929. The van der Waals surface area contributed by atoms with Crippen LogP contribution in [0.25, 0.3) is 0 Å². The molecule has 4 heteroatoms. The molecule has 0 aromatic carbocycles. The number of carbonyl (C=O) groups is 1. The molecule has 1 amide bonds. The molecular formula is C14H25N3O. The highest BCUT2D eigenvalue weighted by Crippen LogP contribution is 2.38. The van der Waals surface area contributed by atoms with E-state index in [9.17, 15) is 4.79 Å². The van der Waals surface area contributed by atoms with Gasteiger partial charge >= 0.3 is 0 Å². The van der Waals surface area contributed by atoms with Crippen LogP contribution in [0.2, 0.25) is 0 Å². The van der Waals surface area contributed by atoms with Crippen molar-refractivity contribution < 1.29 is 4.79 Å². The lowest BCUT2D eigenvalue weighted by atomic mass is 10.0. The molecule has 1 aliphatic carbocycles. The van der Waals surface area contributed by atoms with E-state index in [1.165, 1.54) is 32.4 Å². The second-order valence-electron chi connectivity index (χ2n) is 6.29. The molecule has 3 unspecified atom stereocenters. The van der Waals surface area contributed by atoms with Gasteiger partial charge in [-0.25, -0.2) is 0 Å². The summed E-state index contributed by atoms with van der Waals surface area (Å²) in [5.41, 5.74) is 0. The number of nitrogens with one attached hydrogen (secondary N) is 1. The van der Waals surface area contributed by atoms with Gasteiger partial charge in [-0.2, -0.15) is 0 Å². The Bertz CT molecular complexity index is 320. The summed E-state index contributed by atoms with van der Waals surface area (Å²) >= 11 is 0. The molecule has 3 aliphatic rings. The van der Waals surface area contributed by atoms with Crippen LogP contribution in [0, 0.1) is 11.8 Å². The van der Waals surface area contributed by atoms with Gasteiger partial charge in [0, 0.05) is 32.2 Å².